The zero-order valence-electron chi connectivity index (χ0n) is 16.1. The Kier molecular flexibility index (Phi) is 4.01. The van der Waals surface area contributed by atoms with Gasteiger partial charge in [-0.3, -0.25) is 9.80 Å². The van der Waals surface area contributed by atoms with Crippen molar-refractivity contribution in [1.29, 1.82) is 0 Å². The van der Waals surface area contributed by atoms with Gasteiger partial charge in [-0.25, -0.2) is 9.59 Å². The van der Waals surface area contributed by atoms with Gasteiger partial charge in [-0.2, -0.15) is 0 Å². The second-order valence-corrected chi connectivity index (χ2v) is 7.17. The number of nitrogens with zero attached hydrogens (tertiary/aromatic N) is 2. The van der Waals surface area contributed by atoms with Gasteiger partial charge >= 0.3 is 12.2 Å². The molecule has 1 fully saturated rings. The highest BCUT2D eigenvalue weighted by molar-refractivity contribution is 5.78. The molecule has 5 rings (SSSR count). The van der Waals surface area contributed by atoms with Gasteiger partial charge < -0.3 is 18.9 Å². The fraction of sp³-hybridized carbons (Fsp3) is 0.333. The van der Waals surface area contributed by atoms with Crippen LogP contribution in [0.3, 0.4) is 0 Å². The molecule has 0 N–H and O–H groups in total. The van der Waals surface area contributed by atoms with Gasteiger partial charge in [0, 0.05) is 24.2 Å². The Morgan fingerprint density at radius 3 is 1.66 bits per heavy atom. The van der Waals surface area contributed by atoms with E-state index in [4.69, 9.17) is 18.9 Å². The maximum atomic E-state index is 12.8. The molecule has 0 saturated carbocycles. The fourth-order valence-electron chi connectivity index (χ4n) is 4.38. The van der Waals surface area contributed by atoms with Gasteiger partial charge in [0.25, 0.3) is 0 Å². The van der Waals surface area contributed by atoms with Crippen molar-refractivity contribution >= 4 is 12.2 Å². The van der Waals surface area contributed by atoms with E-state index in [1.54, 1.807) is 48.3 Å². The number of ether oxygens (including phenoxy) is 4. The van der Waals surface area contributed by atoms with Crippen molar-refractivity contribution in [1.82, 2.24) is 9.80 Å². The lowest BCUT2D eigenvalue weighted by atomic mass is 9.88. The normalized spacial score (nSPS) is 22.3. The molecule has 3 heterocycles. The Labute approximate surface area is 167 Å². The van der Waals surface area contributed by atoms with Crippen molar-refractivity contribution in [3.63, 3.8) is 0 Å². The first-order valence-corrected chi connectivity index (χ1v) is 9.43. The standard InChI is InChI=1S/C21H20N2O6/c1-26-12-4-6-16-14(10-12)18-19-15-11-13(27-2)5-7-17(15)29-21(25)23(19)9-3-8-22(18)20(24)28-16/h4-7,10-11,18-19H,3,8-9H2,1-2H3/t18-,19+. The van der Waals surface area contributed by atoms with Crippen LogP contribution in [-0.2, 0) is 0 Å². The van der Waals surface area contributed by atoms with Crippen molar-refractivity contribution in [3.8, 4) is 23.0 Å². The zero-order valence-corrected chi connectivity index (χ0v) is 16.1. The molecule has 3 aliphatic rings. The molecule has 0 radical (unpaired) electrons. The van der Waals surface area contributed by atoms with Gasteiger partial charge in [-0.05, 0) is 42.8 Å². The second-order valence-electron chi connectivity index (χ2n) is 7.17. The van der Waals surface area contributed by atoms with Crippen LogP contribution in [-0.4, -0.2) is 49.3 Å². The molecule has 2 amide bonds. The minimum Gasteiger partial charge on any atom is -0.497 e. The van der Waals surface area contributed by atoms with Crippen LogP contribution in [0.5, 0.6) is 23.0 Å². The highest BCUT2D eigenvalue weighted by atomic mass is 16.6. The van der Waals surface area contributed by atoms with Gasteiger partial charge in [0.05, 0.1) is 26.3 Å². The van der Waals surface area contributed by atoms with E-state index in [2.05, 4.69) is 0 Å². The largest absolute Gasteiger partial charge is 0.497 e. The van der Waals surface area contributed by atoms with Crippen molar-refractivity contribution in [3.05, 3.63) is 47.5 Å². The van der Waals surface area contributed by atoms with E-state index in [-0.39, 0.29) is 0 Å². The van der Waals surface area contributed by atoms with Crippen LogP contribution in [0.15, 0.2) is 36.4 Å². The smallest absolute Gasteiger partial charge is 0.415 e. The van der Waals surface area contributed by atoms with E-state index in [1.165, 1.54) is 0 Å². The van der Waals surface area contributed by atoms with Crippen LogP contribution in [0.1, 0.15) is 29.6 Å². The summed E-state index contributed by atoms with van der Waals surface area (Å²) < 4.78 is 21.9. The summed E-state index contributed by atoms with van der Waals surface area (Å²) in [5, 5.41) is 0. The van der Waals surface area contributed by atoms with E-state index < -0.39 is 24.3 Å². The average molecular weight is 396 g/mol. The quantitative estimate of drug-likeness (QED) is 0.773. The van der Waals surface area contributed by atoms with Gasteiger partial charge in [-0.15, -0.1) is 0 Å². The van der Waals surface area contributed by atoms with E-state index in [1.807, 2.05) is 12.1 Å². The molecule has 8 nitrogen and oxygen atoms in total. The molecule has 2 aromatic rings. The molecule has 2 atom stereocenters. The second kappa shape index (κ2) is 6.58. The molecular weight excluding hydrogens is 376 g/mol. The molecule has 29 heavy (non-hydrogen) atoms. The fourth-order valence-corrected chi connectivity index (χ4v) is 4.38. The van der Waals surface area contributed by atoms with Crippen LogP contribution in [0.4, 0.5) is 9.59 Å². The Bertz CT molecular complexity index is 927. The zero-order chi connectivity index (χ0) is 20.1. The summed E-state index contributed by atoms with van der Waals surface area (Å²) in [5.74, 6) is 2.26. The van der Waals surface area contributed by atoms with Gasteiger partial charge in [-0.1, -0.05) is 0 Å². The van der Waals surface area contributed by atoms with Crippen LogP contribution >= 0.6 is 0 Å². The van der Waals surface area contributed by atoms with Crippen LogP contribution in [0.2, 0.25) is 0 Å². The highest BCUT2D eigenvalue weighted by Gasteiger charge is 2.48. The molecule has 0 aliphatic carbocycles. The maximum Gasteiger partial charge on any atom is 0.415 e. The summed E-state index contributed by atoms with van der Waals surface area (Å²) in [5.41, 5.74) is 1.59. The molecule has 0 aromatic heterocycles. The van der Waals surface area contributed by atoms with E-state index in [0.717, 1.165) is 11.1 Å². The van der Waals surface area contributed by atoms with E-state index in [0.29, 0.717) is 42.5 Å². The van der Waals surface area contributed by atoms with Crippen molar-refractivity contribution in [2.45, 2.75) is 18.5 Å². The predicted octanol–water partition coefficient (Wildman–Crippen LogP) is 3.52. The lowest BCUT2D eigenvalue weighted by Gasteiger charge is -2.43. The van der Waals surface area contributed by atoms with Crippen molar-refractivity contribution in [2.75, 3.05) is 27.3 Å². The molecule has 1 saturated heterocycles. The molecule has 0 bridgehead atoms. The summed E-state index contributed by atoms with van der Waals surface area (Å²) in [7, 11) is 3.18. The number of benzene rings is 2. The topological polar surface area (TPSA) is 77.5 Å². The summed E-state index contributed by atoms with van der Waals surface area (Å²) in [6.45, 7) is 0.944. The Morgan fingerprint density at radius 2 is 1.24 bits per heavy atom. The number of hydrogen-bond acceptors (Lipinski definition) is 6. The van der Waals surface area contributed by atoms with Crippen LogP contribution < -0.4 is 18.9 Å². The summed E-state index contributed by atoms with van der Waals surface area (Å²) in [6.07, 6.45) is -0.216. The number of amides is 2. The third-order valence-electron chi connectivity index (χ3n) is 5.70. The minimum absolute atomic E-state index is 0.419. The van der Waals surface area contributed by atoms with Crippen molar-refractivity contribution < 1.29 is 28.5 Å². The third kappa shape index (κ3) is 2.66. The van der Waals surface area contributed by atoms with E-state index in [9.17, 15) is 9.59 Å². The monoisotopic (exact) mass is 396 g/mol. The predicted molar refractivity (Wildman–Crippen MR) is 102 cm³/mol. The SMILES string of the molecule is COc1ccc2c(c1)[C@@H]1[C@@H]3c4cc(OC)ccc4OC(=O)N3CCCN1C(=O)O2. The number of hydrogen-bond donors (Lipinski definition) is 0. The van der Waals surface area contributed by atoms with Crippen LogP contribution in [0, 0.1) is 0 Å². The number of rotatable bonds is 2. The first-order chi connectivity index (χ1) is 14.1. The molecule has 3 aliphatic heterocycles. The first kappa shape index (κ1) is 17.7. The number of fused-ring (bicyclic) bond motifs is 7. The van der Waals surface area contributed by atoms with Gasteiger partial charge in [0.15, 0.2) is 0 Å². The molecule has 8 heteroatoms. The number of carbonyl (C=O) groups is 2. The summed E-state index contributed by atoms with van der Waals surface area (Å²) >= 11 is 0. The Balaban J connectivity index is 1.74. The summed E-state index contributed by atoms with van der Waals surface area (Å²) in [6, 6.07) is 9.83. The van der Waals surface area contributed by atoms with Gasteiger partial charge in [0.2, 0.25) is 0 Å². The number of carbonyl (C=O) groups excluding carboxylic acids is 2. The molecule has 0 unspecified atom stereocenters. The average Bonchev–Trinajstić information content (AvgIpc) is 2.95. The van der Waals surface area contributed by atoms with E-state index >= 15 is 0 Å². The third-order valence-corrected chi connectivity index (χ3v) is 5.70. The molecule has 150 valence electrons. The Hall–Kier alpha value is -3.42. The summed E-state index contributed by atoms with van der Waals surface area (Å²) in [4.78, 5) is 29.0. The molecular formula is C21H20N2O6. The molecule has 2 aromatic carbocycles. The van der Waals surface area contributed by atoms with Crippen molar-refractivity contribution in [2.24, 2.45) is 0 Å². The first-order valence-electron chi connectivity index (χ1n) is 9.43. The molecule has 0 spiro atoms. The lowest BCUT2D eigenvalue weighted by molar-refractivity contribution is 0.0704. The Morgan fingerprint density at radius 1 is 0.793 bits per heavy atom. The number of methoxy groups -OCH3 is 2. The van der Waals surface area contributed by atoms with Crippen LogP contribution in [0.25, 0.3) is 0 Å². The van der Waals surface area contributed by atoms with Gasteiger partial charge in [0.1, 0.15) is 23.0 Å². The highest BCUT2D eigenvalue weighted by Crippen LogP contribution is 2.51. The maximum absolute atomic E-state index is 12.8. The minimum atomic E-state index is -0.428. The lowest BCUT2D eigenvalue weighted by Crippen LogP contribution is -2.48.